The number of hydrogen-bond donors (Lipinski definition) is 1. The van der Waals surface area contributed by atoms with Crippen molar-refractivity contribution < 1.29 is 9.47 Å². The molecule has 3 heteroatoms. The van der Waals surface area contributed by atoms with Gasteiger partial charge in [0.25, 0.3) is 0 Å². The molecule has 0 radical (unpaired) electrons. The Morgan fingerprint density at radius 1 is 1.19 bits per heavy atom. The van der Waals surface area contributed by atoms with Gasteiger partial charge in [-0.1, -0.05) is 27.7 Å². The summed E-state index contributed by atoms with van der Waals surface area (Å²) in [4.78, 5) is 0. The average Bonchev–Trinajstić information content (AvgIpc) is 2.20. The molecule has 0 aliphatic carbocycles. The highest BCUT2D eigenvalue weighted by Gasteiger charge is 2.32. The van der Waals surface area contributed by atoms with E-state index in [0.29, 0.717) is 6.61 Å². The van der Waals surface area contributed by atoms with Crippen LogP contribution in [0, 0.1) is 5.41 Å². The van der Waals surface area contributed by atoms with E-state index in [2.05, 4.69) is 33.0 Å². The second-order valence-corrected chi connectivity index (χ2v) is 5.21. The fraction of sp³-hybridized carbons (Fsp3) is 1.00. The van der Waals surface area contributed by atoms with Crippen molar-refractivity contribution in [1.29, 1.82) is 0 Å². The van der Waals surface area contributed by atoms with Crippen LogP contribution in [0.25, 0.3) is 0 Å². The lowest BCUT2D eigenvalue weighted by molar-refractivity contribution is -0.0540. The van der Waals surface area contributed by atoms with Gasteiger partial charge < -0.3 is 14.8 Å². The topological polar surface area (TPSA) is 30.5 Å². The Morgan fingerprint density at radius 2 is 1.81 bits per heavy atom. The van der Waals surface area contributed by atoms with Crippen molar-refractivity contribution in [3.05, 3.63) is 0 Å². The molecule has 2 atom stereocenters. The molecule has 0 saturated heterocycles. The highest BCUT2D eigenvalue weighted by Crippen LogP contribution is 2.25. The summed E-state index contributed by atoms with van der Waals surface area (Å²) in [5, 5.41) is 3.30. The predicted molar refractivity (Wildman–Crippen MR) is 68.8 cm³/mol. The van der Waals surface area contributed by atoms with E-state index in [1.165, 1.54) is 0 Å². The van der Waals surface area contributed by atoms with Crippen LogP contribution in [0.15, 0.2) is 0 Å². The molecular weight excluding hydrogens is 202 g/mol. The molecule has 0 saturated carbocycles. The monoisotopic (exact) mass is 231 g/mol. The molecule has 0 heterocycles. The van der Waals surface area contributed by atoms with Crippen LogP contribution in [0.2, 0.25) is 0 Å². The third-order valence-electron chi connectivity index (χ3n) is 2.58. The van der Waals surface area contributed by atoms with Crippen molar-refractivity contribution in [1.82, 2.24) is 5.32 Å². The van der Waals surface area contributed by atoms with Gasteiger partial charge in [-0.3, -0.25) is 0 Å². The molecule has 16 heavy (non-hydrogen) atoms. The fourth-order valence-electron chi connectivity index (χ4n) is 1.83. The normalized spacial score (nSPS) is 16.1. The van der Waals surface area contributed by atoms with Crippen molar-refractivity contribution in [2.75, 3.05) is 26.9 Å². The van der Waals surface area contributed by atoms with Crippen molar-refractivity contribution in [3.63, 3.8) is 0 Å². The first-order chi connectivity index (χ1) is 7.47. The standard InChI is InChI=1S/C13H29NO2/c1-7-9-15-10-11(14-6)12(16-8-2)13(3,4)5/h11-12,14H,7-10H2,1-6H3. The molecule has 98 valence electrons. The summed E-state index contributed by atoms with van der Waals surface area (Å²) in [7, 11) is 1.97. The minimum Gasteiger partial charge on any atom is -0.380 e. The lowest BCUT2D eigenvalue weighted by atomic mass is 9.84. The summed E-state index contributed by atoms with van der Waals surface area (Å²) in [6.45, 7) is 13.1. The number of hydrogen-bond acceptors (Lipinski definition) is 3. The first kappa shape index (κ1) is 15.9. The predicted octanol–water partition coefficient (Wildman–Crippen LogP) is 2.45. The van der Waals surface area contributed by atoms with E-state index in [1.54, 1.807) is 0 Å². The van der Waals surface area contributed by atoms with Crippen LogP contribution in [0.3, 0.4) is 0 Å². The van der Waals surface area contributed by atoms with Crippen LogP contribution in [-0.4, -0.2) is 39.0 Å². The molecule has 0 aromatic rings. The third-order valence-corrected chi connectivity index (χ3v) is 2.58. The average molecular weight is 231 g/mol. The summed E-state index contributed by atoms with van der Waals surface area (Å²) in [6.07, 6.45) is 1.24. The summed E-state index contributed by atoms with van der Waals surface area (Å²) < 4.78 is 11.5. The molecule has 0 rings (SSSR count). The van der Waals surface area contributed by atoms with E-state index < -0.39 is 0 Å². The Labute approximate surface area is 101 Å². The van der Waals surface area contributed by atoms with Crippen LogP contribution in [0.4, 0.5) is 0 Å². The molecule has 0 aliphatic heterocycles. The zero-order valence-electron chi connectivity index (χ0n) is 11.8. The number of rotatable bonds is 8. The summed E-state index contributed by atoms with van der Waals surface area (Å²) >= 11 is 0. The number of ether oxygens (including phenoxy) is 2. The molecule has 0 amide bonds. The Bertz CT molecular complexity index is 166. The lowest BCUT2D eigenvalue weighted by Crippen LogP contribution is -2.49. The van der Waals surface area contributed by atoms with Crippen LogP contribution < -0.4 is 5.32 Å². The van der Waals surface area contributed by atoms with Gasteiger partial charge in [0.15, 0.2) is 0 Å². The van der Waals surface area contributed by atoms with Gasteiger partial charge in [0, 0.05) is 13.2 Å². The molecule has 0 aromatic carbocycles. The maximum Gasteiger partial charge on any atom is 0.0798 e. The van der Waals surface area contributed by atoms with Crippen molar-refractivity contribution in [3.8, 4) is 0 Å². The quantitative estimate of drug-likeness (QED) is 0.651. The largest absolute Gasteiger partial charge is 0.380 e. The lowest BCUT2D eigenvalue weighted by Gasteiger charge is -2.36. The summed E-state index contributed by atoms with van der Waals surface area (Å²) in [5.41, 5.74) is 0.124. The van der Waals surface area contributed by atoms with E-state index in [9.17, 15) is 0 Å². The first-order valence-corrected chi connectivity index (χ1v) is 6.33. The van der Waals surface area contributed by atoms with E-state index in [0.717, 1.165) is 19.6 Å². The van der Waals surface area contributed by atoms with Gasteiger partial charge in [0.1, 0.15) is 0 Å². The maximum absolute atomic E-state index is 5.85. The summed E-state index contributed by atoms with van der Waals surface area (Å²) in [5.74, 6) is 0. The zero-order valence-corrected chi connectivity index (χ0v) is 11.8. The smallest absolute Gasteiger partial charge is 0.0798 e. The molecule has 2 unspecified atom stereocenters. The van der Waals surface area contributed by atoms with Gasteiger partial charge in [0.05, 0.1) is 18.8 Å². The van der Waals surface area contributed by atoms with Gasteiger partial charge >= 0.3 is 0 Å². The molecule has 0 aliphatic rings. The van der Waals surface area contributed by atoms with Gasteiger partial charge in [-0.15, -0.1) is 0 Å². The molecule has 3 nitrogen and oxygen atoms in total. The second-order valence-electron chi connectivity index (χ2n) is 5.21. The van der Waals surface area contributed by atoms with Gasteiger partial charge in [0.2, 0.25) is 0 Å². The van der Waals surface area contributed by atoms with Crippen molar-refractivity contribution >= 4 is 0 Å². The number of nitrogens with one attached hydrogen (secondary N) is 1. The number of likely N-dealkylation sites (N-methyl/N-ethyl adjacent to an activating group) is 1. The minimum absolute atomic E-state index is 0.124. The Morgan fingerprint density at radius 3 is 2.19 bits per heavy atom. The van der Waals surface area contributed by atoms with Crippen molar-refractivity contribution in [2.45, 2.75) is 53.2 Å². The molecule has 0 fully saturated rings. The van der Waals surface area contributed by atoms with Crippen LogP contribution in [0.5, 0.6) is 0 Å². The van der Waals surface area contributed by atoms with Gasteiger partial charge in [-0.05, 0) is 25.8 Å². The van der Waals surface area contributed by atoms with Crippen LogP contribution in [0.1, 0.15) is 41.0 Å². The molecular formula is C13H29NO2. The second kappa shape index (κ2) is 8.04. The van der Waals surface area contributed by atoms with Gasteiger partial charge in [-0.25, -0.2) is 0 Å². The Balaban J connectivity index is 4.34. The molecule has 0 bridgehead atoms. The first-order valence-electron chi connectivity index (χ1n) is 6.33. The van der Waals surface area contributed by atoms with Crippen LogP contribution in [-0.2, 0) is 9.47 Å². The maximum atomic E-state index is 5.85. The highest BCUT2D eigenvalue weighted by atomic mass is 16.5. The minimum atomic E-state index is 0.124. The summed E-state index contributed by atoms with van der Waals surface area (Å²) in [6, 6.07) is 0.256. The van der Waals surface area contributed by atoms with E-state index in [-0.39, 0.29) is 17.6 Å². The van der Waals surface area contributed by atoms with E-state index in [1.807, 2.05) is 14.0 Å². The third kappa shape index (κ3) is 5.83. The van der Waals surface area contributed by atoms with Crippen molar-refractivity contribution in [2.24, 2.45) is 5.41 Å². The molecule has 0 spiro atoms. The molecule has 1 N–H and O–H groups in total. The Hall–Kier alpha value is -0.120. The van der Waals surface area contributed by atoms with E-state index >= 15 is 0 Å². The van der Waals surface area contributed by atoms with E-state index in [4.69, 9.17) is 9.47 Å². The zero-order chi connectivity index (χ0) is 12.6. The van der Waals surface area contributed by atoms with Gasteiger partial charge in [-0.2, -0.15) is 0 Å². The molecule has 0 aromatic heterocycles. The Kier molecular flexibility index (Phi) is 7.98. The van der Waals surface area contributed by atoms with Crippen LogP contribution >= 0.6 is 0 Å². The fourth-order valence-corrected chi connectivity index (χ4v) is 1.83. The SMILES string of the molecule is CCCOCC(NC)C(OCC)C(C)(C)C. The highest BCUT2D eigenvalue weighted by molar-refractivity contribution is 4.85.